The number of halogens is 3. The number of carbonyl (C=O) groups is 1. The number of anilines is 1. The Bertz CT molecular complexity index is 1500. The molecule has 0 fully saturated rings. The Kier molecular flexibility index (Phi) is 5.35. The van der Waals surface area contributed by atoms with E-state index in [1.807, 2.05) is 0 Å². The van der Waals surface area contributed by atoms with E-state index in [9.17, 15) is 18.0 Å². The number of amides is 1. The first kappa shape index (κ1) is 22.3. The van der Waals surface area contributed by atoms with Gasteiger partial charge in [0.15, 0.2) is 12.1 Å². The van der Waals surface area contributed by atoms with E-state index in [-0.39, 0.29) is 34.2 Å². The molecule has 0 spiro atoms. The summed E-state index contributed by atoms with van der Waals surface area (Å²) in [6.45, 7) is 3.40. The number of nitrogens with zero attached hydrogens (tertiary/aromatic N) is 6. The molecule has 1 aliphatic rings. The van der Waals surface area contributed by atoms with E-state index in [2.05, 4.69) is 20.1 Å². The fraction of sp³-hybridized carbons (Fsp3) is 0.174. The number of benzene rings is 1. The van der Waals surface area contributed by atoms with Crippen molar-refractivity contribution in [3.05, 3.63) is 71.8 Å². The van der Waals surface area contributed by atoms with Crippen molar-refractivity contribution < 1.29 is 22.7 Å². The Morgan fingerprint density at radius 1 is 1.23 bits per heavy atom. The second-order valence-corrected chi connectivity index (χ2v) is 7.79. The quantitative estimate of drug-likeness (QED) is 0.461. The van der Waals surface area contributed by atoms with Crippen molar-refractivity contribution in [3.63, 3.8) is 0 Å². The van der Waals surface area contributed by atoms with Crippen LogP contribution in [0.4, 0.5) is 18.9 Å². The van der Waals surface area contributed by atoms with Crippen LogP contribution in [-0.4, -0.2) is 36.7 Å². The van der Waals surface area contributed by atoms with Crippen LogP contribution in [0.25, 0.3) is 28.4 Å². The van der Waals surface area contributed by atoms with Gasteiger partial charge >= 0.3 is 0 Å². The number of allylic oxidation sites excluding steroid dienone is 1. The number of ether oxygens (including phenoxy) is 1. The van der Waals surface area contributed by atoms with Crippen molar-refractivity contribution in [1.29, 1.82) is 0 Å². The number of hydrogen-bond acceptors (Lipinski definition) is 7. The largest absolute Gasteiger partial charge is 0.463 e. The van der Waals surface area contributed by atoms with Crippen LogP contribution in [0.3, 0.4) is 0 Å². The smallest absolute Gasteiger partial charge is 0.285 e. The molecule has 1 atom stereocenters. The molecular weight excluding hydrogens is 463 g/mol. The molecular formula is C23H18F3N7O2. The molecule has 4 heterocycles. The SMILES string of the molecule is CC1=C(C(N)=O)OC(C)N1c1ccc(F)c(-c2nc3ncc(-c4ncccc4C(F)F)cn3n2)c1. The van der Waals surface area contributed by atoms with E-state index in [0.29, 0.717) is 16.9 Å². The Hall–Kier alpha value is -4.48. The van der Waals surface area contributed by atoms with E-state index in [1.54, 1.807) is 18.7 Å². The molecule has 1 aromatic carbocycles. The standard InChI is InChI=1S/C23H18F3N7O2/c1-11-19(21(27)34)35-12(2)33(11)14-5-6-17(24)16(8-14)22-30-23-29-9-13(10-32(23)31-22)18-15(20(25)26)4-3-7-28-18/h3-10,12,20H,1-2H3,(H2,27,34). The van der Waals surface area contributed by atoms with Crippen LogP contribution in [0.15, 0.2) is 60.4 Å². The molecule has 1 aliphatic heterocycles. The van der Waals surface area contributed by atoms with Gasteiger partial charge in [0, 0.05) is 35.4 Å². The third-order valence-electron chi connectivity index (χ3n) is 5.58. The predicted octanol–water partition coefficient (Wildman–Crippen LogP) is 3.83. The van der Waals surface area contributed by atoms with E-state index in [4.69, 9.17) is 10.5 Å². The maximum atomic E-state index is 14.8. The molecule has 178 valence electrons. The van der Waals surface area contributed by atoms with Crippen molar-refractivity contribution in [2.24, 2.45) is 5.73 Å². The molecule has 0 bridgehead atoms. The maximum absolute atomic E-state index is 14.8. The Morgan fingerprint density at radius 2 is 2.03 bits per heavy atom. The topological polar surface area (TPSA) is 112 Å². The number of alkyl halides is 2. The third kappa shape index (κ3) is 3.82. The highest BCUT2D eigenvalue weighted by Gasteiger charge is 2.32. The average Bonchev–Trinajstić information content (AvgIpc) is 3.39. The summed E-state index contributed by atoms with van der Waals surface area (Å²) in [6.07, 6.45) is 0.954. The van der Waals surface area contributed by atoms with Crippen LogP contribution < -0.4 is 10.6 Å². The predicted molar refractivity (Wildman–Crippen MR) is 119 cm³/mol. The number of nitrogens with two attached hydrogens (primary N) is 1. The third-order valence-corrected chi connectivity index (χ3v) is 5.58. The van der Waals surface area contributed by atoms with Crippen molar-refractivity contribution in [2.45, 2.75) is 26.5 Å². The zero-order valence-electron chi connectivity index (χ0n) is 18.5. The van der Waals surface area contributed by atoms with Crippen LogP contribution in [0.2, 0.25) is 0 Å². The monoisotopic (exact) mass is 481 g/mol. The molecule has 0 saturated heterocycles. The van der Waals surface area contributed by atoms with Crippen LogP contribution in [0.5, 0.6) is 0 Å². The van der Waals surface area contributed by atoms with Gasteiger partial charge < -0.3 is 15.4 Å². The molecule has 4 aromatic rings. The Balaban J connectivity index is 1.56. The zero-order chi connectivity index (χ0) is 24.9. The highest BCUT2D eigenvalue weighted by Crippen LogP contribution is 2.35. The molecule has 2 N–H and O–H groups in total. The second-order valence-electron chi connectivity index (χ2n) is 7.79. The summed E-state index contributed by atoms with van der Waals surface area (Å²) in [5.74, 6) is -1.07. The summed E-state index contributed by atoms with van der Waals surface area (Å²) in [7, 11) is 0. The summed E-state index contributed by atoms with van der Waals surface area (Å²) >= 11 is 0. The first-order chi connectivity index (χ1) is 16.7. The van der Waals surface area contributed by atoms with Gasteiger partial charge in [0.2, 0.25) is 5.76 Å². The van der Waals surface area contributed by atoms with Crippen molar-refractivity contribution in [3.8, 4) is 22.6 Å². The van der Waals surface area contributed by atoms with Gasteiger partial charge in [0.25, 0.3) is 18.1 Å². The summed E-state index contributed by atoms with van der Waals surface area (Å²) < 4.78 is 48.4. The maximum Gasteiger partial charge on any atom is 0.285 e. The van der Waals surface area contributed by atoms with Gasteiger partial charge in [-0.05, 0) is 44.2 Å². The van der Waals surface area contributed by atoms with Gasteiger partial charge in [-0.2, -0.15) is 4.98 Å². The number of hydrogen-bond donors (Lipinski definition) is 1. The van der Waals surface area contributed by atoms with E-state index < -0.39 is 24.4 Å². The Morgan fingerprint density at radius 3 is 2.74 bits per heavy atom. The summed E-state index contributed by atoms with van der Waals surface area (Å²) in [6, 6.07) is 7.02. The van der Waals surface area contributed by atoms with Gasteiger partial charge in [0.05, 0.1) is 17.0 Å². The highest BCUT2D eigenvalue weighted by molar-refractivity contribution is 5.92. The van der Waals surface area contributed by atoms with Gasteiger partial charge in [-0.15, -0.1) is 5.10 Å². The van der Waals surface area contributed by atoms with Crippen molar-refractivity contribution >= 4 is 17.4 Å². The molecule has 12 heteroatoms. The van der Waals surface area contributed by atoms with E-state index in [1.165, 1.54) is 53.4 Å². The molecule has 5 rings (SSSR count). The molecule has 9 nitrogen and oxygen atoms in total. The number of fused-ring (bicyclic) bond motifs is 1. The highest BCUT2D eigenvalue weighted by atomic mass is 19.3. The fourth-order valence-corrected chi connectivity index (χ4v) is 4.02. The minimum absolute atomic E-state index is 0.0312. The van der Waals surface area contributed by atoms with Crippen molar-refractivity contribution in [1.82, 2.24) is 24.6 Å². The first-order valence-corrected chi connectivity index (χ1v) is 10.5. The summed E-state index contributed by atoms with van der Waals surface area (Å²) in [4.78, 5) is 25.8. The van der Waals surface area contributed by atoms with Gasteiger partial charge in [-0.25, -0.2) is 22.7 Å². The molecule has 0 saturated carbocycles. The van der Waals surface area contributed by atoms with Crippen LogP contribution in [-0.2, 0) is 9.53 Å². The average molecular weight is 481 g/mol. The summed E-state index contributed by atoms with van der Waals surface area (Å²) in [5, 5.41) is 4.31. The van der Waals surface area contributed by atoms with Gasteiger partial charge in [0.1, 0.15) is 5.82 Å². The lowest BCUT2D eigenvalue weighted by Crippen LogP contribution is -2.27. The van der Waals surface area contributed by atoms with Crippen LogP contribution >= 0.6 is 0 Å². The number of rotatable bonds is 5. The van der Waals surface area contributed by atoms with Gasteiger partial charge in [-0.3, -0.25) is 9.78 Å². The second kappa shape index (κ2) is 8.38. The molecule has 1 unspecified atom stereocenters. The summed E-state index contributed by atoms with van der Waals surface area (Å²) in [5.41, 5.74) is 6.60. The lowest BCUT2D eigenvalue weighted by Gasteiger charge is -2.24. The minimum Gasteiger partial charge on any atom is -0.463 e. The molecule has 0 aliphatic carbocycles. The molecule has 35 heavy (non-hydrogen) atoms. The first-order valence-electron chi connectivity index (χ1n) is 10.5. The van der Waals surface area contributed by atoms with E-state index in [0.717, 1.165) is 0 Å². The Labute approximate surface area is 196 Å². The van der Waals surface area contributed by atoms with Crippen molar-refractivity contribution in [2.75, 3.05) is 4.90 Å². The fourth-order valence-electron chi connectivity index (χ4n) is 4.02. The normalized spacial score (nSPS) is 15.8. The van der Waals surface area contributed by atoms with Gasteiger partial charge in [-0.1, -0.05) is 0 Å². The lowest BCUT2D eigenvalue weighted by atomic mass is 10.1. The number of pyridine rings is 1. The lowest BCUT2D eigenvalue weighted by molar-refractivity contribution is -0.118. The molecule has 0 radical (unpaired) electrons. The molecule has 1 amide bonds. The number of aromatic nitrogens is 5. The van der Waals surface area contributed by atoms with Crippen LogP contribution in [0, 0.1) is 5.82 Å². The van der Waals surface area contributed by atoms with E-state index >= 15 is 0 Å². The molecule has 3 aromatic heterocycles. The number of carbonyl (C=O) groups excluding carboxylic acids is 1. The minimum atomic E-state index is -2.72. The number of primary amides is 1. The zero-order valence-corrected chi connectivity index (χ0v) is 18.5. The van der Waals surface area contributed by atoms with Crippen LogP contribution in [0.1, 0.15) is 25.8 Å².